The first kappa shape index (κ1) is 12.7. The molecule has 0 aromatic rings. The first-order valence-electron chi connectivity index (χ1n) is 5.61. The van der Waals surface area contributed by atoms with E-state index in [0.717, 1.165) is 0 Å². The number of aliphatic hydroxyl groups excluding tert-OH is 3. The lowest BCUT2D eigenvalue weighted by Gasteiger charge is -2.39. The molecule has 7 nitrogen and oxygen atoms in total. The standard InChI is InChI=1S/C10H17NO6/c1-4-7(13)8(14)9(15)10(16-4)17-5-2-6(12)11-3-5/h4-5,7-10,13-15H,2-3H2,1H3,(H,11,12)/t4-,5-,7-,8+,9+,10-/m0/s1. The fraction of sp³-hybridized carbons (Fsp3) is 0.900. The molecule has 2 fully saturated rings. The predicted octanol–water partition coefficient (Wildman–Crippen LogP) is -2.28. The van der Waals surface area contributed by atoms with Crippen molar-refractivity contribution in [2.75, 3.05) is 6.54 Å². The Bertz CT molecular complexity index is 299. The lowest BCUT2D eigenvalue weighted by Crippen LogP contribution is -2.58. The van der Waals surface area contributed by atoms with Crippen molar-refractivity contribution in [1.82, 2.24) is 5.32 Å². The van der Waals surface area contributed by atoms with Crippen LogP contribution in [-0.4, -0.2) is 64.6 Å². The third-order valence-corrected chi connectivity index (χ3v) is 3.07. The average molecular weight is 247 g/mol. The van der Waals surface area contributed by atoms with Crippen LogP contribution < -0.4 is 5.32 Å². The number of ether oxygens (including phenoxy) is 2. The van der Waals surface area contributed by atoms with Gasteiger partial charge in [0.1, 0.15) is 18.3 Å². The second-order valence-electron chi connectivity index (χ2n) is 4.45. The van der Waals surface area contributed by atoms with E-state index in [0.29, 0.717) is 6.54 Å². The van der Waals surface area contributed by atoms with Crippen molar-refractivity contribution in [3.8, 4) is 0 Å². The summed E-state index contributed by atoms with van der Waals surface area (Å²) in [6.07, 6.45) is -5.61. The molecule has 0 bridgehead atoms. The molecule has 98 valence electrons. The van der Waals surface area contributed by atoms with Crippen LogP contribution in [0.4, 0.5) is 0 Å². The lowest BCUT2D eigenvalue weighted by molar-refractivity contribution is -0.302. The number of carbonyl (C=O) groups is 1. The Morgan fingerprint density at radius 3 is 2.59 bits per heavy atom. The predicted molar refractivity (Wildman–Crippen MR) is 54.9 cm³/mol. The third kappa shape index (κ3) is 2.58. The fourth-order valence-corrected chi connectivity index (χ4v) is 1.99. The number of aliphatic hydroxyl groups is 3. The summed E-state index contributed by atoms with van der Waals surface area (Å²) in [5.41, 5.74) is 0. The minimum atomic E-state index is -1.32. The van der Waals surface area contributed by atoms with Gasteiger partial charge >= 0.3 is 0 Å². The molecular formula is C10H17NO6. The van der Waals surface area contributed by atoms with Crippen LogP contribution in [-0.2, 0) is 14.3 Å². The Morgan fingerprint density at radius 2 is 2.00 bits per heavy atom. The van der Waals surface area contributed by atoms with E-state index >= 15 is 0 Å². The maximum Gasteiger partial charge on any atom is 0.222 e. The van der Waals surface area contributed by atoms with Crippen LogP contribution in [0.1, 0.15) is 13.3 Å². The monoisotopic (exact) mass is 247 g/mol. The summed E-state index contributed by atoms with van der Waals surface area (Å²) in [4.78, 5) is 11.0. The Morgan fingerprint density at radius 1 is 1.29 bits per heavy atom. The number of hydrogen-bond acceptors (Lipinski definition) is 6. The Hall–Kier alpha value is -0.730. The van der Waals surface area contributed by atoms with Crippen molar-refractivity contribution >= 4 is 5.91 Å². The van der Waals surface area contributed by atoms with Crippen molar-refractivity contribution in [2.45, 2.75) is 50.2 Å². The fourth-order valence-electron chi connectivity index (χ4n) is 1.99. The van der Waals surface area contributed by atoms with Crippen LogP contribution in [0.25, 0.3) is 0 Å². The molecule has 2 heterocycles. The number of amides is 1. The zero-order chi connectivity index (χ0) is 12.6. The summed E-state index contributed by atoms with van der Waals surface area (Å²) in [6.45, 7) is 1.94. The molecule has 0 aromatic carbocycles. The molecule has 6 atom stereocenters. The Balaban J connectivity index is 1.94. The van der Waals surface area contributed by atoms with Gasteiger partial charge in [0.25, 0.3) is 0 Å². The van der Waals surface area contributed by atoms with Crippen molar-refractivity contribution in [2.24, 2.45) is 0 Å². The molecule has 1 amide bonds. The van der Waals surface area contributed by atoms with Gasteiger partial charge in [0.2, 0.25) is 5.91 Å². The average Bonchev–Trinajstić information content (AvgIpc) is 2.69. The van der Waals surface area contributed by atoms with Gasteiger partial charge in [-0.1, -0.05) is 0 Å². The van der Waals surface area contributed by atoms with Crippen molar-refractivity contribution in [1.29, 1.82) is 0 Å². The summed E-state index contributed by atoms with van der Waals surface area (Å²) in [7, 11) is 0. The zero-order valence-electron chi connectivity index (χ0n) is 9.44. The van der Waals surface area contributed by atoms with Gasteiger partial charge in [0.05, 0.1) is 18.6 Å². The van der Waals surface area contributed by atoms with E-state index in [2.05, 4.69) is 5.32 Å². The number of hydrogen-bond donors (Lipinski definition) is 4. The minimum absolute atomic E-state index is 0.117. The molecule has 0 unspecified atom stereocenters. The van der Waals surface area contributed by atoms with E-state index < -0.39 is 30.7 Å². The van der Waals surface area contributed by atoms with E-state index in [4.69, 9.17) is 9.47 Å². The first-order chi connectivity index (χ1) is 7.99. The van der Waals surface area contributed by atoms with Gasteiger partial charge in [-0.25, -0.2) is 0 Å². The highest BCUT2D eigenvalue weighted by atomic mass is 16.7. The van der Waals surface area contributed by atoms with Gasteiger partial charge in [-0.05, 0) is 6.92 Å². The maximum absolute atomic E-state index is 11.0. The van der Waals surface area contributed by atoms with Gasteiger partial charge in [-0.15, -0.1) is 0 Å². The summed E-state index contributed by atoms with van der Waals surface area (Å²) in [5.74, 6) is -0.117. The summed E-state index contributed by atoms with van der Waals surface area (Å²) in [6, 6.07) is 0. The van der Waals surface area contributed by atoms with Gasteiger partial charge < -0.3 is 30.1 Å². The van der Waals surface area contributed by atoms with E-state index in [9.17, 15) is 20.1 Å². The van der Waals surface area contributed by atoms with Crippen LogP contribution in [0.15, 0.2) is 0 Å². The highest BCUT2D eigenvalue weighted by Gasteiger charge is 2.43. The van der Waals surface area contributed by atoms with E-state index in [1.807, 2.05) is 0 Å². The number of carbonyl (C=O) groups excluding carboxylic acids is 1. The molecule has 17 heavy (non-hydrogen) atoms. The quantitative estimate of drug-likeness (QED) is 0.438. The summed E-state index contributed by atoms with van der Waals surface area (Å²) < 4.78 is 10.7. The Labute approximate surface area is 98.3 Å². The molecule has 2 aliphatic rings. The third-order valence-electron chi connectivity index (χ3n) is 3.07. The SMILES string of the molecule is C[C@@H]1O[C@@H](O[C@@H]2CNC(=O)C2)[C@H](O)[C@H](O)[C@H]1O. The van der Waals surface area contributed by atoms with Crippen LogP contribution in [0.2, 0.25) is 0 Å². The van der Waals surface area contributed by atoms with Gasteiger partial charge in [-0.2, -0.15) is 0 Å². The Kier molecular flexibility index (Phi) is 3.64. The first-order valence-corrected chi connectivity index (χ1v) is 5.61. The largest absolute Gasteiger partial charge is 0.388 e. The molecule has 7 heteroatoms. The molecule has 2 aliphatic heterocycles. The molecule has 2 saturated heterocycles. The second kappa shape index (κ2) is 4.87. The minimum Gasteiger partial charge on any atom is -0.388 e. The van der Waals surface area contributed by atoms with Gasteiger partial charge in [-0.3, -0.25) is 4.79 Å². The second-order valence-corrected chi connectivity index (χ2v) is 4.45. The molecule has 4 N–H and O–H groups in total. The molecule has 0 aliphatic carbocycles. The van der Waals surface area contributed by atoms with E-state index in [1.54, 1.807) is 6.92 Å². The highest BCUT2D eigenvalue weighted by Crippen LogP contribution is 2.23. The van der Waals surface area contributed by atoms with Crippen LogP contribution in [0.5, 0.6) is 0 Å². The number of nitrogens with one attached hydrogen (secondary N) is 1. The molecular weight excluding hydrogens is 230 g/mol. The molecule has 0 aromatic heterocycles. The smallest absolute Gasteiger partial charge is 0.222 e. The maximum atomic E-state index is 11.0. The zero-order valence-corrected chi connectivity index (χ0v) is 9.44. The molecule has 2 rings (SSSR count). The normalized spacial score (nSPS) is 46.9. The van der Waals surface area contributed by atoms with Crippen molar-refractivity contribution in [3.05, 3.63) is 0 Å². The molecule has 0 saturated carbocycles. The van der Waals surface area contributed by atoms with Crippen molar-refractivity contribution in [3.63, 3.8) is 0 Å². The van der Waals surface area contributed by atoms with Crippen molar-refractivity contribution < 1.29 is 29.6 Å². The van der Waals surface area contributed by atoms with E-state index in [-0.39, 0.29) is 18.4 Å². The van der Waals surface area contributed by atoms with Crippen LogP contribution in [0.3, 0.4) is 0 Å². The number of rotatable bonds is 2. The van der Waals surface area contributed by atoms with E-state index in [1.165, 1.54) is 0 Å². The molecule has 0 spiro atoms. The van der Waals surface area contributed by atoms with Crippen LogP contribution >= 0.6 is 0 Å². The van der Waals surface area contributed by atoms with Crippen LogP contribution in [0, 0.1) is 0 Å². The van der Waals surface area contributed by atoms with Gasteiger partial charge in [0.15, 0.2) is 6.29 Å². The molecule has 0 radical (unpaired) electrons. The van der Waals surface area contributed by atoms with Gasteiger partial charge in [0, 0.05) is 6.54 Å². The summed E-state index contributed by atoms with van der Waals surface area (Å²) >= 11 is 0. The highest BCUT2D eigenvalue weighted by molar-refractivity contribution is 5.78. The summed E-state index contributed by atoms with van der Waals surface area (Å²) in [5, 5.41) is 31.3. The lowest BCUT2D eigenvalue weighted by atomic mass is 10.00. The topological polar surface area (TPSA) is 108 Å².